The van der Waals surface area contributed by atoms with Gasteiger partial charge in [-0.25, -0.2) is 12.8 Å². The number of nitrogens with one attached hydrogen (secondary N) is 1. The van der Waals surface area contributed by atoms with Crippen LogP contribution in [-0.4, -0.2) is 41.9 Å². The van der Waals surface area contributed by atoms with Crippen LogP contribution in [0.4, 0.5) is 10.1 Å². The number of carbonyl (C=O) groups is 1. The predicted octanol–water partition coefficient (Wildman–Crippen LogP) is 4.15. The number of sulfonamides is 1. The molecule has 4 rings (SSSR count). The summed E-state index contributed by atoms with van der Waals surface area (Å²) >= 11 is 7.10. The van der Waals surface area contributed by atoms with E-state index in [0.717, 1.165) is 11.3 Å². The minimum Gasteiger partial charge on any atom is -0.320 e. The van der Waals surface area contributed by atoms with Crippen LogP contribution in [0, 0.1) is 5.82 Å². The topological polar surface area (TPSA) is 92.3 Å². The summed E-state index contributed by atoms with van der Waals surface area (Å²) in [6.45, 7) is 0.674. The van der Waals surface area contributed by atoms with E-state index in [1.54, 1.807) is 18.2 Å². The number of hydrogen-bond acceptors (Lipinski definition) is 6. The van der Waals surface area contributed by atoms with E-state index in [1.807, 2.05) is 0 Å². The number of carbonyl (C=O) groups excluding carboxylic acids is 1. The molecule has 2 heterocycles. The van der Waals surface area contributed by atoms with Gasteiger partial charge in [0.05, 0.1) is 4.90 Å². The lowest BCUT2D eigenvalue weighted by Crippen LogP contribution is -2.37. The van der Waals surface area contributed by atoms with E-state index in [9.17, 15) is 17.6 Å². The zero-order chi connectivity index (χ0) is 22.0. The highest BCUT2D eigenvalue weighted by atomic mass is 35.5. The molecule has 0 bridgehead atoms. The molecule has 0 atom stereocenters. The second-order valence-electron chi connectivity index (χ2n) is 7.05. The first-order chi connectivity index (χ1) is 14.8. The van der Waals surface area contributed by atoms with Crippen molar-refractivity contribution in [1.29, 1.82) is 0 Å². The Labute approximate surface area is 187 Å². The smallest absolute Gasteiger partial charge is 0.286 e. The van der Waals surface area contributed by atoms with Crippen LogP contribution in [0.3, 0.4) is 0 Å². The Morgan fingerprint density at radius 3 is 2.58 bits per heavy atom. The summed E-state index contributed by atoms with van der Waals surface area (Å²) in [6.07, 6.45) is 1.14. The Morgan fingerprint density at radius 1 is 1.13 bits per heavy atom. The number of rotatable bonds is 5. The molecular formula is C20H18ClFN4O3S2. The third kappa shape index (κ3) is 4.93. The normalized spacial score (nSPS) is 15.7. The summed E-state index contributed by atoms with van der Waals surface area (Å²) in [4.78, 5) is 12.5. The van der Waals surface area contributed by atoms with Gasteiger partial charge in [0.25, 0.3) is 5.91 Å². The third-order valence-corrected chi connectivity index (χ3v) is 8.17. The number of amides is 1. The van der Waals surface area contributed by atoms with Crippen molar-refractivity contribution in [2.24, 2.45) is 0 Å². The maximum atomic E-state index is 13.3. The highest BCUT2D eigenvalue weighted by molar-refractivity contribution is 7.89. The van der Waals surface area contributed by atoms with Gasteiger partial charge in [0.1, 0.15) is 10.8 Å². The number of aromatic nitrogens is 2. The molecule has 2 aromatic carbocycles. The first-order valence-corrected chi connectivity index (χ1v) is 12.1. The second kappa shape index (κ2) is 8.99. The van der Waals surface area contributed by atoms with Crippen LogP contribution in [0.25, 0.3) is 0 Å². The average molecular weight is 481 g/mol. The van der Waals surface area contributed by atoms with E-state index < -0.39 is 21.7 Å². The molecule has 1 aliphatic heterocycles. The van der Waals surface area contributed by atoms with Crippen molar-refractivity contribution in [3.63, 3.8) is 0 Å². The van der Waals surface area contributed by atoms with Crippen LogP contribution in [0.1, 0.15) is 33.6 Å². The monoisotopic (exact) mass is 480 g/mol. The summed E-state index contributed by atoms with van der Waals surface area (Å²) in [5.74, 6) is -0.899. The number of benzene rings is 2. The molecule has 11 heteroatoms. The van der Waals surface area contributed by atoms with E-state index in [4.69, 9.17) is 11.6 Å². The van der Waals surface area contributed by atoms with E-state index in [0.29, 0.717) is 41.6 Å². The molecule has 0 saturated carbocycles. The maximum absolute atomic E-state index is 13.3. The fourth-order valence-corrected chi connectivity index (χ4v) is 6.04. The van der Waals surface area contributed by atoms with Crippen molar-refractivity contribution in [3.05, 3.63) is 69.4 Å². The van der Waals surface area contributed by atoms with E-state index in [2.05, 4.69) is 15.5 Å². The highest BCUT2D eigenvalue weighted by Crippen LogP contribution is 2.32. The summed E-state index contributed by atoms with van der Waals surface area (Å²) in [5, 5.41) is 11.9. The van der Waals surface area contributed by atoms with E-state index >= 15 is 0 Å². The van der Waals surface area contributed by atoms with Gasteiger partial charge in [-0.05, 0) is 49.2 Å². The van der Waals surface area contributed by atoms with Crippen molar-refractivity contribution in [2.45, 2.75) is 23.7 Å². The van der Waals surface area contributed by atoms with Gasteiger partial charge in [-0.3, -0.25) is 4.79 Å². The highest BCUT2D eigenvalue weighted by Gasteiger charge is 2.31. The summed E-state index contributed by atoms with van der Waals surface area (Å²) in [6, 6.07) is 11.8. The second-order valence-corrected chi connectivity index (χ2v) is 10.4. The lowest BCUT2D eigenvalue weighted by molar-refractivity contribution is 0.102. The molecule has 0 radical (unpaired) electrons. The summed E-state index contributed by atoms with van der Waals surface area (Å²) in [5.41, 5.74) is 0.335. The lowest BCUT2D eigenvalue weighted by atomic mass is 9.99. The largest absolute Gasteiger partial charge is 0.320 e. The molecule has 31 heavy (non-hydrogen) atoms. The molecule has 0 unspecified atom stereocenters. The van der Waals surface area contributed by atoms with Crippen LogP contribution in [0.2, 0.25) is 5.02 Å². The number of anilines is 1. The van der Waals surface area contributed by atoms with E-state index in [-0.39, 0.29) is 15.8 Å². The van der Waals surface area contributed by atoms with Crippen molar-refractivity contribution in [3.8, 4) is 0 Å². The summed E-state index contributed by atoms with van der Waals surface area (Å²) in [7, 11) is -3.61. The molecule has 0 spiro atoms. The van der Waals surface area contributed by atoms with Gasteiger partial charge < -0.3 is 5.32 Å². The maximum Gasteiger partial charge on any atom is 0.286 e. The molecule has 7 nitrogen and oxygen atoms in total. The quantitative estimate of drug-likeness (QED) is 0.592. The number of piperidine rings is 1. The SMILES string of the molecule is O=C(Nc1cccc(F)c1)c1nnc(C2CCN(S(=O)(=O)c3cccc(Cl)c3)CC2)s1. The fourth-order valence-electron chi connectivity index (χ4n) is 3.36. The Bertz CT molecular complexity index is 1210. The van der Waals surface area contributed by atoms with Gasteiger partial charge in [-0.1, -0.05) is 35.1 Å². The molecule has 1 saturated heterocycles. The summed E-state index contributed by atoms with van der Waals surface area (Å²) < 4.78 is 40.4. The van der Waals surface area contributed by atoms with Crippen molar-refractivity contribution >= 4 is 44.6 Å². The van der Waals surface area contributed by atoms with Gasteiger partial charge in [-0.2, -0.15) is 4.31 Å². The standard InChI is InChI=1S/C20H18ClFN4O3S2/c21-14-3-1-6-17(11-14)31(28,29)26-9-7-13(8-10-26)19-24-25-20(30-19)18(27)23-16-5-2-4-15(22)12-16/h1-6,11-13H,7-10H2,(H,23,27). The van der Waals surface area contributed by atoms with Crippen LogP contribution in [-0.2, 0) is 10.0 Å². The van der Waals surface area contributed by atoms with Crippen LogP contribution in [0.15, 0.2) is 53.4 Å². The lowest BCUT2D eigenvalue weighted by Gasteiger charge is -2.30. The van der Waals surface area contributed by atoms with Crippen LogP contribution >= 0.6 is 22.9 Å². The van der Waals surface area contributed by atoms with Crippen molar-refractivity contribution in [1.82, 2.24) is 14.5 Å². The Hall–Kier alpha value is -2.40. The van der Waals surface area contributed by atoms with Crippen molar-refractivity contribution in [2.75, 3.05) is 18.4 Å². The molecule has 1 amide bonds. The first kappa shape index (κ1) is 21.8. The molecule has 1 fully saturated rings. The molecule has 1 aromatic heterocycles. The molecule has 162 valence electrons. The van der Waals surface area contributed by atoms with Crippen LogP contribution in [0.5, 0.6) is 0 Å². The van der Waals surface area contributed by atoms with E-state index in [1.165, 1.54) is 34.6 Å². The van der Waals surface area contributed by atoms with Crippen LogP contribution < -0.4 is 5.32 Å². The minimum absolute atomic E-state index is 0.0130. The van der Waals surface area contributed by atoms with Gasteiger partial charge in [0.2, 0.25) is 15.0 Å². The number of nitrogens with zero attached hydrogens (tertiary/aromatic N) is 3. The average Bonchev–Trinajstić information content (AvgIpc) is 3.24. The van der Waals surface area contributed by atoms with Gasteiger partial charge in [0.15, 0.2) is 0 Å². The zero-order valence-corrected chi connectivity index (χ0v) is 18.6. The minimum atomic E-state index is -3.61. The molecule has 0 aliphatic carbocycles. The Balaban J connectivity index is 1.39. The predicted molar refractivity (Wildman–Crippen MR) is 116 cm³/mol. The molecule has 1 aliphatic rings. The Morgan fingerprint density at radius 2 is 1.87 bits per heavy atom. The number of hydrogen-bond donors (Lipinski definition) is 1. The van der Waals surface area contributed by atoms with Crippen molar-refractivity contribution < 1.29 is 17.6 Å². The molecule has 3 aromatic rings. The van der Waals surface area contributed by atoms with Gasteiger partial charge >= 0.3 is 0 Å². The third-order valence-electron chi connectivity index (χ3n) is 4.95. The zero-order valence-electron chi connectivity index (χ0n) is 16.2. The molecule has 1 N–H and O–H groups in total. The van der Waals surface area contributed by atoms with Gasteiger partial charge in [0, 0.05) is 29.7 Å². The Kier molecular flexibility index (Phi) is 6.33. The van der Waals surface area contributed by atoms with Gasteiger partial charge in [-0.15, -0.1) is 10.2 Å². The number of halogens is 2. The molecular weight excluding hydrogens is 463 g/mol. The first-order valence-electron chi connectivity index (χ1n) is 9.49. The fraction of sp³-hybridized carbons (Fsp3) is 0.250.